The van der Waals surface area contributed by atoms with Crippen molar-refractivity contribution in [2.45, 2.75) is 51.0 Å². The summed E-state index contributed by atoms with van der Waals surface area (Å²) in [5.74, 6) is 0.756. The minimum absolute atomic E-state index is 0.105. The molecule has 0 radical (unpaired) electrons. The molecule has 0 aromatic heterocycles. The summed E-state index contributed by atoms with van der Waals surface area (Å²) in [4.78, 5) is 14.3. The zero-order valence-electron chi connectivity index (χ0n) is 16.1. The maximum Gasteiger partial charge on any atom is 0.281 e. The molecule has 0 bridgehead atoms. The Morgan fingerprint density at radius 3 is 2.38 bits per heavy atom. The number of methoxy groups -OCH3 is 1. The predicted octanol–water partition coefficient (Wildman–Crippen LogP) is 1.31. The van der Waals surface area contributed by atoms with Crippen LogP contribution in [0, 0.1) is 11.8 Å². The van der Waals surface area contributed by atoms with Crippen molar-refractivity contribution in [2.24, 2.45) is 11.8 Å². The van der Waals surface area contributed by atoms with E-state index in [0.717, 1.165) is 25.7 Å². The maximum atomic E-state index is 12.9. The molecule has 26 heavy (non-hydrogen) atoms. The number of piperidine rings is 1. The van der Waals surface area contributed by atoms with Gasteiger partial charge in [-0.15, -0.1) is 0 Å². The second kappa shape index (κ2) is 8.54. The zero-order chi connectivity index (χ0) is 18.7. The number of ether oxygens (including phenoxy) is 1. The summed E-state index contributed by atoms with van der Waals surface area (Å²) in [5.41, 5.74) is 0. The van der Waals surface area contributed by atoms with Crippen molar-refractivity contribution in [1.82, 2.24) is 13.5 Å². The molecule has 1 amide bonds. The number of amides is 1. The van der Waals surface area contributed by atoms with Crippen LogP contribution in [0.5, 0.6) is 0 Å². The van der Waals surface area contributed by atoms with Gasteiger partial charge in [0.05, 0.1) is 0 Å². The molecule has 1 atom stereocenters. The zero-order valence-corrected chi connectivity index (χ0v) is 16.9. The normalized spacial score (nSPS) is 27.1. The first-order chi connectivity index (χ1) is 12.4. The number of rotatable bonds is 7. The van der Waals surface area contributed by atoms with Crippen molar-refractivity contribution >= 4 is 16.1 Å². The van der Waals surface area contributed by atoms with E-state index in [2.05, 4.69) is 0 Å². The number of nitrogens with zero attached hydrogens (tertiary/aromatic N) is 3. The highest BCUT2D eigenvalue weighted by atomic mass is 32.2. The van der Waals surface area contributed by atoms with Crippen LogP contribution in [0.4, 0.5) is 0 Å². The van der Waals surface area contributed by atoms with Crippen LogP contribution in [0.1, 0.15) is 44.9 Å². The van der Waals surface area contributed by atoms with Gasteiger partial charge in [-0.25, -0.2) is 0 Å². The third kappa shape index (κ3) is 4.40. The fourth-order valence-corrected chi connectivity index (χ4v) is 6.16. The molecule has 3 fully saturated rings. The lowest BCUT2D eigenvalue weighted by molar-refractivity contribution is -0.129. The third-order valence-corrected chi connectivity index (χ3v) is 8.17. The number of hydrogen-bond acceptors (Lipinski definition) is 4. The lowest BCUT2D eigenvalue weighted by Crippen LogP contribution is -2.47. The van der Waals surface area contributed by atoms with Crippen molar-refractivity contribution in [3.63, 3.8) is 0 Å². The van der Waals surface area contributed by atoms with Gasteiger partial charge in [0.15, 0.2) is 0 Å². The van der Waals surface area contributed by atoms with Crippen LogP contribution in [0.25, 0.3) is 0 Å². The lowest BCUT2D eigenvalue weighted by atomic mass is 9.99. The van der Waals surface area contributed by atoms with Gasteiger partial charge >= 0.3 is 0 Å². The number of carbonyl (C=O) groups is 1. The van der Waals surface area contributed by atoms with Gasteiger partial charge < -0.3 is 9.64 Å². The van der Waals surface area contributed by atoms with Crippen molar-refractivity contribution in [2.75, 3.05) is 46.9 Å². The quantitative estimate of drug-likeness (QED) is 0.660. The van der Waals surface area contributed by atoms with Crippen LogP contribution in [0.3, 0.4) is 0 Å². The highest BCUT2D eigenvalue weighted by Gasteiger charge is 2.38. The first-order valence-corrected chi connectivity index (χ1v) is 11.3. The standard InChI is InChI=1S/C18H33N3O4S/c1-19(26(23,24)20-9-7-15(8-10-20)14-25-2)12-16-11-18(22)21(13-16)17-5-3-4-6-17/h15-17H,3-14H2,1-2H3. The topological polar surface area (TPSA) is 70.2 Å². The first kappa shape index (κ1) is 20.0. The molecule has 3 rings (SSSR count). The Morgan fingerprint density at radius 1 is 1.12 bits per heavy atom. The van der Waals surface area contributed by atoms with Gasteiger partial charge in [0.2, 0.25) is 5.91 Å². The molecule has 0 N–H and O–H groups in total. The molecule has 2 aliphatic heterocycles. The molecule has 0 aromatic rings. The molecular formula is C18H33N3O4S. The molecule has 1 unspecified atom stereocenters. The van der Waals surface area contributed by atoms with Gasteiger partial charge in [-0.05, 0) is 37.5 Å². The van der Waals surface area contributed by atoms with Crippen molar-refractivity contribution < 1.29 is 17.9 Å². The van der Waals surface area contributed by atoms with E-state index in [0.29, 0.717) is 51.2 Å². The average molecular weight is 388 g/mol. The monoisotopic (exact) mass is 387 g/mol. The fraction of sp³-hybridized carbons (Fsp3) is 0.944. The second-order valence-electron chi connectivity index (χ2n) is 8.14. The number of likely N-dealkylation sites (tertiary alicyclic amines) is 1. The molecule has 2 heterocycles. The Labute approximate surface area is 157 Å². The second-order valence-corrected chi connectivity index (χ2v) is 10.2. The number of hydrogen-bond donors (Lipinski definition) is 0. The van der Waals surface area contributed by atoms with E-state index in [1.165, 1.54) is 17.1 Å². The molecule has 1 aliphatic carbocycles. The fourth-order valence-electron chi connectivity index (χ4n) is 4.70. The lowest BCUT2D eigenvalue weighted by Gasteiger charge is -2.34. The Balaban J connectivity index is 1.52. The predicted molar refractivity (Wildman–Crippen MR) is 99.8 cm³/mol. The molecule has 0 aromatic carbocycles. The van der Waals surface area contributed by atoms with Crippen LogP contribution < -0.4 is 0 Å². The summed E-state index contributed by atoms with van der Waals surface area (Å²) in [6.07, 6.45) is 6.77. The van der Waals surface area contributed by atoms with E-state index in [1.807, 2.05) is 4.90 Å². The molecule has 0 spiro atoms. The van der Waals surface area contributed by atoms with Crippen LogP contribution in [0.2, 0.25) is 0 Å². The third-order valence-electron chi connectivity index (χ3n) is 6.22. The van der Waals surface area contributed by atoms with E-state index in [1.54, 1.807) is 18.5 Å². The van der Waals surface area contributed by atoms with Gasteiger partial charge in [0.1, 0.15) is 0 Å². The van der Waals surface area contributed by atoms with Gasteiger partial charge in [0.25, 0.3) is 10.2 Å². The van der Waals surface area contributed by atoms with Gasteiger partial charge in [-0.2, -0.15) is 17.0 Å². The van der Waals surface area contributed by atoms with Crippen LogP contribution >= 0.6 is 0 Å². The maximum absolute atomic E-state index is 12.9. The summed E-state index contributed by atoms with van der Waals surface area (Å²) < 4.78 is 34.0. The highest BCUT2D eigenvalue weighted by molar-refractivity contribution is 7.86. The van der Waals surface area contributed by atoms with E-state index in [-0.39, 0.29) is 11.8 Å². The van der Waals surface area contributed by atoms with Gasteiger partial charge in [-0.3, -0.25) is 4.79 Å². The van der Waals surface area contributed by atoms with Crippen molar-refractivity contribution in [1.29, 1.82) is 0 Å². The van der Waals surface area contributed by atoms with E-state index >= 15 is 0 Å². The van der Waals surface area contributed by atoms with E-state index < -0.39 is 10.2 Å². The van der Waals surface area contributed by atoms with Crippen molar-refractivity contribution in [3.05, 3.63) is 0 Å². The smallest absolute Gasteiger partial charge is 0.281 e. The van der Waals surface area contributed by atoms with Gasteiger partial charge in [-0.1, -0.05) is 12.8 Å². The van der Waals surface area contributed by atoms with Crippen LogP contribution in [-0.4, -0.2) is 80.8 Å². The van der Waals surface area contributed by atoms with Crippen LogP contribution in [-0.2, 0) is 19.7 Å². The summed E-state index contributed by atoms with van der Waals surface area (Å²) in [6.45, 7) is 2.94. The molecule has 150 valence electrons. The van der Waals surface area contributed by atoms with Gasteiger partial charge in [0, 0.05) is 59.4 Å². The SMILES string of the molecule is COCC1CCN(S(=O)(=O)N(C)CC2CC(=O)N(C3CCCC3)C2)CC1. The Morgan fingerprint density at radius 2 is 1.77 bits per heavy atom. The Bertz CT molecular complexity index is 583. The summed E-state index contributed by atoms with van der Waals surface area (Å²) >= 11 is 0. The van der Waals surface area contributed by atoms with Crippen molar-refractivity contribution in [3.8, 4) is 0 Å². The molecule has 8 heteroatoms. The average Bonchev–Trinajstić information content (AvgIpc) is 3.25. The molecule has 7 nitrogen and oxygen atoms in total. The summed E-state index contributed by atoms with van der Waals surface area (Å²) in [7, 11) is -0.105. The molecule has 2 saturated heterocycles. The minimum atomic E-state index is -3.45. The number of carbonyl (C=O) groups excluding carboxylic acids is 1. The first-order valence-electron chi connectivity index (χ1n) is 9.91. The van der Waals surface area contributed by atoms with E-state index in [4.69, 9.17) is 4.74 Å². The van der Waals surface area contributed by atoms with Crippen LogP contribution in [0.15, 0.2) is 0 Å². The molecule has 3 aliphatic rings. The van der Waals surface area contributed by atoms with E-state index in [9.17, 15) is 13.2 Å². The molecular weight excluding hydrogens is 354 g/mol. The Kier molecular flexibility index (Phi) is 6.59. The largest absolute Gasteiger partial charge is 0.384 e. The summed E-state index contributed by atoms with van der Waals surface area (Å²) in [5, 5.41) is 0. The minimum Gasteiger partial charge on any atom is -0.384 e. The molecule has 1 saturated carbocycles. The summed E-state index contributed by atoms with van der Waals surface area (Å²) in [6, 6.07) is 0.384. The Hall–Kier alpha value is -0.700. The highest BCUT2D eigenvalue weighted by Crippen LogP contribution is 2.30.